The van der Waals surface area contributed by atoms with Crippen molar-refractivity contribution in [2.24, 2.45) is 0 Å². The summed E-state index contributed by atoms with van der Waals surface area (Å²) in [6.45, 7) is -0.571. The van der Waals surface area contributed by atoms with Gasteiger partial charge in [-0.3, -0.25) is 0 Å². The molecule has 1 fully saturated rings. The Kier molecular flexibility index (Phi) is 4.00. The maximum Gasteiger partial charge on any atom is 0.337 e. The van der Waals surface area contributed by atoms with Gasteiger partial charge in [0.1, 0.15) is 24.4 Å². The van der Waals surface area contributed by atoms with E-state index in [1.807, 2.05) is 0 Å². The fraction of sp³-hybridized carbons (Fsp3) is 0.875. The molecule has 0 amide bonds. The average Bonchev–Trinajstić information content (AvgIpc) is 2.25. The molecular formula is C8H14O7. The third-order valence-corrected chi connectivity index (χ3v) is 2.33. The maximum absolute atomic E-state index is 11.1. The lowest BCUT2D eigenvalue weighted by Gasteiger charge is -2.38. The van der Waals surface area contributed by atoms with E-state index in [9.17, 15) is 20.1 Å². The third-order valence-electron chi connectivity index (χ3n) is 2.33. The van der Waals surface area contributed by atoms with Gasteiger partial charge in [0.2, 0.25) is 0 Å². The Morgan fingerprint density at radius 1 is 1.27 bits per heavy atom. The molecule has 7 nitrogen and oxygen atoms in total. The standard InChI is InChI=1S/C8H14O7/c1-14-8(13)7-6(12)5(11)4(10)3(2-9)15-7/h3-7,9-12H,2H2,1H3/t3-,4-,5+,6+,7+/m1/s1. The molecule has 1 heterocycles. The van der Waals surface area contributed by atoms with Gasteiger partial charge < -0.3 is 29.9 Å². The smallest absolute Gasteiger partial charge is 0.337 e. The predicted molar refractivity (Wildman–Crippen MR) is 45.8 cm³/mol. The summed E-state index contributed by atoms with van der Waals surface area (Å²) in [5.74, 6) is -0.869. The van der Waals surface area contributed by atoms with E-state index < -0.39 is 43.1 Å². The number of aliphatic hydroxyl groups is 4. The number of rotatable bonds is 2. The van der Waals surface area contributed by atoms with Crippen LogP contribution in [0.25, 0.3) is 0 Å². The van der Waals surface area contributed by atoms with Crippen molar-refractivity contribution in [2.75, 3.05) is 13.7 Å². The van der Waals surface area contributed by atoms with Crippen molar-refractivity contribution in [3.05, 3.63) is 0 Å². The van der Waals surface area contributed by atoms with E-state index in [0.29, 0.717) is 0 Å². The van der Waals surface area contributed by atoms with Crippen LogP contribution in [0.15, 0.2) is 0 Å². The van der Waals surface area contributed by atoms with E-state index in [1.165, 1.54) is 0 Å². The highest BCUT2D eigenvalue weighted by molar-refractivity contribution is 5.75. The van der Waals surface area contributed by atoms with Gasteiger partial charge >= 0.3 is 5.97 Å². The van der Waals surface area contributed by atoms with E-state index in [4.69, 9.17) is 9.84 Å². The molecule has 0 radical (unpaired) electrons. The van der Waals surface area contributed by atoms with Gasteiger partial charge in [0, 0.05) is 0 Å². The largest absolute Gasteiger partial charge is 0.467 e. The Labute approximate surface area is 85.9 Å². The Bertz CT molecular complexity index is 229. The first-order valence-corrected chi connectivity index (χ1v) is 4.41. The van der Waals surface area contributed by atoms with Crippen molar-refractivity contribution < 1.29 is 34.7 Å². The van der Waals surface area contributed by atoms with E-state index in [2.05, 4.69) is 4.74 Å². The molecule has 0 spiro atoms. The molecule has 1 rings (SSSR count). The summed E-state index contributed by atoms with van der Waals surface area (Å²) in [7, 11) is 1.10. The normalized spacial score (nSPS) is 41.3. The monoisotopic (exact) mass is 222 g/mol. The number of esters is 1. The first-order chi connectivity index (χ1) is 7.02. The number of carbonyl (C=O) groups excluding carboxylic acids is 1. The number of aliphatic hydroxyl groups excluding tert-OH is 4. The summed E-state index contributed by atoms with van der Waals surface area (Å²) in [4.78, 5) is 11.1. The van der Waals surface area contributed by atoms with Crippen molar-refractivity contribution >= 4 is 5.97 Å². The van der Waals surface area contributed by atoms with Gasteiger partial charge in [-0.1, -0.05) is 0 Å². The summed E-state index contributed by atoms with van der Waals surface area (Å²) in [6.07, 6.45) is -7.08. The number of carbonyl (C=O) groups is 1. The Morgan fingerprint density at radius 3 is 2.33 bits per heavy atom. The summed E-state index contributed by atoms with van der Waals surface area (Å²) in [5.41, 5.74) is 0. The number of ether oxygens (including phenoxy) is 2. The summed E-state index contributed by atoms with van der Waals surface area (Å²) >= 11 is 0. The van der Waals surface area contributed by atoms with E-state index in [1.54, 1.807) is 0 Å². The summed E-state index contributed by atoms with van der Waals surface area (Å²) in [5, 5.41) is 36.9. The van der Waals surface area contributed by atoms with E-state index in [0.717, 1.165) is 7.11 Å². The molecule has 4 N–H and O–H groups in total. The highest BCUT2D eigenvalue weighted by Crippen LogP contribution is 2.21. The van der Waals surface area contributed by atoms with Gasteiger partial charge in [-0.05, 0) is 0 Å². The van der Waals surface area contributed by atoms with Crippen LogP contribution in [-0.4, -0.2) is 70.6 Å². The molecule has 0 aromatic heterocycles. The molecular weight excluding hydrogens is 208 g/mol. The minimum atomic E-state index is -1.57. The van der Waals surface area contributed by atoms with Crippen LogP contribution < -0.4 is 0 Å². The molecule has 1 aliphatic heterocycles. The van der Waals surface area contributed by atoms with Crippen LogP contribution in [-0.2, 0) is 14.3 Å². The van der Waals surface area contributed by atoms with Crippen molar-refractivity contribution in [3.8, 4) is 0 Å². The fourth-order valence-electron chi connectivity index (χ4n) is 1.41. The highest BCUT2D eigenvalue weighted by Gasteiger charge is 2.46. The zero-order chi connectivity index (χ0) is 11.6. The zero-order valence-corrected chi connectivity index (χ0v) is 8.11. The molecule has 0 bridgehead atoms. The van der Waals surface area contributed by atoms with Crippen molar-refractivity contribution in [1.29, 1.82) is 0 Å². The van der Waals surface area contributed by atoms with E-state index in [-0.39, 0.29) is 0 Å². The third kappa shape index (κ3) is 2.27. The molecule has 0 aromatic carbocycles. The second-order valence-electron chi connectivity index (χ2n) is 3.27. The minimum Gasteiger partial charge on any atom is -0.467 e. The lowest BCUT2D eigenvalue weighted by Crippen LogP contribution is -2.60. The Hall–Kier alpha value is -0.730. The molecule has 0 aromatic rings. The molecule has 5 atom stereocenters. The van der Waals surface area contributed by atoms with Crippen molar-refractivity contribution in [3.63, 3.8) is 0 Å². The predicted octanol–water partition coefficient (Wildman–Crippen LogP) is -3.00. The molecule has 15 heavy (non-hydrogen) atoms. The zero-order valence-electron chi connectivity index (χ0n) is 8.11. The van der Waals surface area contributed by atoms with Crippen molar-refractivity contribution in [1.82, 2.24) is 0 Å². The molecule has 0 unspecified atom stereocenters. The average molecular weight is 222 g/mol. The minimum absolute atomic E-state index is 0.571. The van der Waals surface area contributed by atoms with Gasteiger partial charge in [-0.25, -0.2) is 4.79 Å². The first kappa shape index (κ1) is 12.3. The van der Waals surface area contributed by atoms with Crippen LogP contribution in [0.3, 0.4) is 0 Å². The van der Waals surface area contributed by atoms with E-state index >= 15 is 0 Å². The summed E-state index contributed by atoms with van der Waals surface area (Å²) in [6, 6.07) is 0. The van der Waals surface area contributed by atoms with Crippen LogP contribution in [0.1, 0.15) is 0 Å². The Morgan fingerprint density at radius 2 is 1.87 bits per heavy atom. The molecule has 0 aliphatic carbocycles. The molecule has 88 valence electrons. The van der Waals surface area contributed by atoms with Crippen LogP contribution in [0.5, 0.6) is 0 Å². The number of methoxy groups -OCH3 is 1. The topological polar surface area (TPSA) is 116 Å². The van der Waals surface area contributed by atoms with Gasteiger partial charge in [0.15, 0.2) is 6.10 Å². The van der Waals surface area contributed by atoms with Crippen LogP contribution >= 0.6 is 0 Å². The SMILES string of the molecule is COC(=O)[C@H]1O[C@H](CO)[C@@H](O)[C@H](O)[C@@H]1O. The number of hydrogen-bond acceptors (Lipinski definition) is 7. The van der Waals surface area contributed by atoms with Crippen LogP contribution in [0, 0.1) is 0 Å². The molecule has 0 saturated carbocycles. The van der Waals surface area contributed by atoms with Crippen LogP contribution in [0.2, 0.25) is 0 Å². The molecule has 7 heteroatoms. The number of hydrogen-bond donors (Lipinski definition) is 4. The molecule has 1 saturated heterocycles. The van der Waals surface area contributed by atoms with Gasteiger partial charge in [-0.15, -0.1) is 0 Å². The quantitative estimate of drug-likeness (QED) is 0.368. The van der Waals surface area contributed by atoms with Gasteiger partial charge in [-0.2, -0.15) is 0 Å². The first-order valence-electron chi connectivity index (χ1n) is 4.41. The maximum atomic E-state index is 11.1. The second kappa shape index (κ2) is 4.86. The van der Waals surface area contributed by atoms with Gasteiger partial charge in [0.25, 0.3) is 0 Å². The summed E-state index contributed by atoms with van der Waals surface area (Å²) < 4.78 is 9.24. The Balaban J connectivity index is 2.78. The highest BCUT2D eigenvalue weighted by atomic mass is 16.6. The van der Waals surface area contributed by atoms with Crippen LogP contribution in [0.4, 0.5) is 0 Å². The van der Waals surface area contributed by atoms with Gasteiger partial charge in [0.05, 0.1) is 13.7 Å². The fourth-order valence-corrected chi connectivity index (χ4v) is 1.41. The lowest BCUT2D eigenvalue weighted by molar-refractivity contribution is -0.234. The second-order valence-corrected chi connectivity index (χ2v) is 3.27. The lowest BCUT2D eigenvalue weighted by atomic mass is 9.95. The molecule has 1 aliphatic rings. The van der Waals surface area contributed by atoms with Crippen molar-refractivity contribution in [2.45, 2.75) is 30.5 Å².